The summed E-state index contributed by atoms with van der Waals surface area (Å²) in [7, 11) is 1.40. The standard InChI is InChI=1S/C13H20O7Si.CH4/c1-17-21(18-2,19-3)9-12(15)8-20-13(16)10-4-6-11(14)7-5-10;/h4-7,12,14-15H,8-9H2,1-3H3;1H4. The highest BCUT2D eigenvalue weighted by Gasteiger charge is 2.40. The van der Waals surface area contributed by atoms with E-state index in [1.807, 2.05) is 0 Å². The Kier molecular flexibility index (Phi) is 8.91. The number of phenolic OH excluding ortho intramolecular Hbond substituents is 1. The van der Waals surface area contributed by atoms with Crippen molar-refractivity contribution in [2.75, 3.05) is 27.9 Å². The van der Waals surface area contributed by atoms with Crippen LogP contribution in [0.15, 0.2) is 24.3 Å². The number of esters is 1. The third-order valence-electron chi connectivity index (χ3n) is 2.93. The van der Waals surface area contributed by atoms with Crippen molar-refractivity contribution in [2.45, 2.75) is 19.6 Å². The predicted octanol–water partition coefficient (Wildman–Crippen LogP) is 1.42. The molecule has 0 aliphatic heterocycles. The molecule has 0 aromatic heterocycles. The van der Waals surface area contributed by atoms with E-state index in [9.17, 15) is 9.90 Å². The van der Waals surface area contributed by atoms with E-state index in [0.717, 1.165) is 0 Å². The molecule has 22 heavy (non-hydrogen) atoms. The summed E-state index contributed by atoms with van der Waals surface area (Å²) in [6.45, 7) is -0.204. The van der Waals surface area contributed by atoms with Crippen LogP contribution in [0.25, 0.3) is 0 Å². The zero-order valence-electron chi connectivity index (χ0n) is 12.2. The summed E-state index contributed by atoms with van der Waals surface area (Å²) in [4.78, 5) is 11.7. The Bertz CT molecular complexity index is 437. The monoisotopic (exact) mass is 332 g/mol. The second kappa shape index (κ2) is 9.54. The van der Waals surface area contributed by atoms with Crippen LogP contribution < -0.4 is 0 Å². The van der Waals surface area contributed by atoms with Crippen molar-refractivity contribution in [1.82, 2.24) is 0 Å². The molecule has 0 aliphatic rings. The minimum Gasteiger partial charge on any atom is -0.508 e. The highest BCUT2D eigenvalue weighted by molar-refractivity contribution is 6.60. The average Bonchev–Trinajstić information content (AvgIpc) is 2.51. The van der Waals surface area contributed by atoms with Gasteiger partial charge in [0.05, 0.1) is 11.7 Å². The first-order valence-electron chi connectivity index (χ1n) is 6.26. The van der Waals surface area contributed by atoms with Crippen molar-refractivity contribution in [3.05, 3.63) is 29.8 Å². The molecular weight excluding hydrogens is 308 g/mol. The summed E-state index contributed by atoms with van der Waals surface area (Å²) >= 11 is 0. The van der Waals surface area contributed by atoms with E-state index in [1.165, 1.54) is 45.6 Å². The summed E-state index contributed by atoms with van der Waals surface area (Å²) in [5.74, 6) is -0.531. The molecule has 0 saturated heterocycles. The smallest absolute Gasteiger partial charge is 0.502 e. The first-order valence-corrected chi connectivity index (χ1v) is 8.19. The summed E-state index contributed by atoms with van der Waals surface area (Å²) < 4.78 is 20.5. The molecule has 8 heteroatoms. The minimum atomic E-state index is -2.91. The summed E-state index contributed by atoms with van der Waals surface area (Å²) in [5, 5.41) is 19.0. The van der Waals surface area contributed by atoms with Crippen molar-refractivity contribution in [3.8, 4) is 5.75 Å². The van der Waals surface area contributed by atoms with E-state index in [0.29, 0.717) is 0 Å². The lowest BCUT2D eigenvalue weighted by Crippen LogP contribution is -2.46. The fraction of sp³-hybridized carbons (Fsp3) is 0.500. The van der Waals surface area contributed by atoms with Gasteiger partial charge in [-0.05, 0) is 24.3 Å². The molecule has 0 fully saturated rings. The minimum absolute atomic E-state index is 0. The number of aliphatic hydroxyl groups is 1. The lowest BCUT2D eigenvalue weighted by Gasteiger charge is -2.26. The molecule has 1 aromatic rings. The number of phenols is 1. The van der Waals surface area contributed by atoms with Crippen molar-refractivity contribution < 1.29 is 33.0 Å². The largest absolute Gasteiger partial charge is 0.508 e. The molecule has 126 valence electrons. The molecule has 0 aliphatic carbocycles. The molecule has 1 rings (SSSR count). The maximum absolute atomic E-state index is 11.7. The summed E-state index contributed by atoms with van der Waals surface area (Å²) in [6.07, 6.45) is -0.961. The van der Waals surface area contributed by atoms with Gasteiger partial charge >= 0.3 is 14.8 Å². The van der Waals surface area contributed by atoms with Crippen LogP contribution in [-0.2, 0) is 18.0 Å². The summed E-state index contributed by atoms with van der Waals surface area (Å²) in [5.41, 5.74) is 0.286. The van der Waals surface area contributed by atoms with Crippen molar-refractivity contribution in [1.29, 1.82) is 0 Å². The van der Waals surface area contributed by atoms with Crippen LogP contribution in [0.1, 0.15) is 17.8 Å². The van der Waals surface area contributed by atoms with E-state index in [4.69, 9.17) is 23.1 Å². The molecule has 7 nitrogen and oxygen atoms in total. The van der Waals surface area contributed by atoms with Gasteiger partial charge in [-0.25, -0.2) is 4.79 Å². The molecule has 2 N–H and O–H groups in total. The van der Waals surface area contributed by atoms with Crippen molar-refractivity contribution in [3.63, 3.8) is 0 Å². The number of carbonyl (C=O) groups excluding carboxylic acids is 1. The van der Waals surface area contributed by atoms with E-state index < -0.39 is 20.9 Å². The fourth-order valence-corrected chi connectivity index (χ4v) is 3.40. The molecule has 1 atom stereocenters. The molecule has 1 unspecified atom stereocenters. The maximum atomic E-state index is 11.7. The van der Waals surface area contributed by atoms with E-state index in [1.54, 1.807) is 0 Å². The average molecular weight is 332 g/mol. The molecule has 0 radical (unpaired) electrons. The first-order chi connectivity index (χ1) is 9.96. The second-order valence-corrected chi connectivity index (χ2v) is 7.30. The number of hydrogen-bond acceptors (Lipinski definition) is 7. The number of rotatable bonds is 8. The van der Waals surface area contributed by atoms with Crippen LogP contribution in [0.2, 0.25) is 6.04 Å². The zero-order valence-corrected chi connectivity index (χ0v) is 13.2. The van der Waals surface area contributed by atoms with Gasteiger partial charge < -0.3 is 28.2 Å². The molecule has 0 amide bonds. The first kappa shape index (κ1) is 20.5. The third kappa shape index (κ3) is 5.74. The quantitative estimate of drug-likeness (QED) is 0.549. The van der Waals surface area contributed by atoms with Crippen LogP contribution in [0.4, 0.5) is 0 Å². The Morgan fingerprint density at radius 2 is 1.64 bits per heavy atom. The van der Waals surface area contributed by atoms with Crippen LogP contribution in [0, 0.1) is 0 Å². The lowest BCUT2D eigenvalue weighted by atomic mass is 10.2. The second-order valence-electron chi connectivity index (χ2n) is 4.30. The molecule has 0 spiro atoms. The Morgan fingerprint density at radius 1 is 1.14 bits per heavy atom. The van der Waals surface area contributed by atoms with Gasteiger partial charge in [-0.3, -0.25) is 0 Å². The summed E-state index contributed by atoms with van der Waals surface area (Å²) in [6, 6.07) is 5.74. The van der Waals surface area contributed by atoms with Gasteiger partial charge in [-0.2, -0.15) is 0 Å². The van der Waals surface area contributed by atoms with E-state index in [2.05, 4.69) is 0 Å². The Morgan fingerprint density at radius 3 is 2.09 bits per heavy atom. The van der Waals surface area contributed by atoms with Gasteiger partial charge in [-0.15, -0.1) is 0 Å². The predicted molar refractivity (Wildman–Crippen MR) is 82.7 cm³/mol. The molecule has 0 bridgehead atoms. The number of hydrogen-bond donors (Lipinski definition) is 2. The Balaban J connectivity index is 0.00000441. The number of benzene rings is 1. The molecular formula is C14H24O7Si. The van der Waals surface area contributed by atoms with Gasteiger partial charge in [0.15, 0.2) is 0 Å². The van der Waals surface area contributed by atoms with Crippen molar-refractivity contribution >= 4 is 14.8 Å². The van der Waals surface area contributed by atoms with E-state index in [-0.39, 0.29) is 31.4 Å². The van der Waals surface area contributed by atoms with Crippen LogP contribution in [0.3, 0.4) is 0 Å². The molecule has 0 heterocycles. The van der Waals surface area contributed by atoms with Gasteiger partial charge in [0.1, 0.15) is 12.4 Å². The van der Waals surface area contributed by atoms with Gasteiger partial charge in [0.25, 0.3) is 0 Å². The number of ether oxygens (including phenoxy) is 1. The van der Waals surface area contributed by atoms with Gasteiger partial charge in [-0.1, -0.05) is 7.43 Å². The highest BCUT2D eigenvalue weighted by atomic mass is 28.4. The highest BCUT2D eigenvalue weighted by Crippen LogP contribution is 2.16. The maximum Gasteiger partial charge on any atom is 0.502 e. The lowest BCUT2D eigenvalue weighted by molar-refractivity contribution is 0.0230. The van der Waals surface area contributed by atoms with Gasteiger partial charge in [0, 0.05) is 27.4 Å². The van der Waals surface area contributed by atoms with Crippen LogP contribution in [0.5, 0.6) is 5.75 Å². The normalized spacial score (nSPS) is 12.4. The van der Waals surface area contributed by atoms with Gasteiger partial charge in [0.2, 0.25) is 0 Å². The third-order valence-corrected chi connectivity index (χ3v) is 5.77. The SMILES string of the molecule is C.CO[Si](CC(O)COC(=O)c1ccc(O)cc1)(OC)OC. The number of carbonyl (C=O) groups is 1. The Labute approximate surface area is 131 Å². The van der Waals surface area contributed by atoms with Crippen molar-refractivity contribution in [2.24, 2.45) is 0 Å². The number of aromatic hydroxyl groups is 1. The number of aliphatic hydroxyl groups excluding tert-OH is 1. The topological polar surface area (TPSA) is 94.5 Å². The van der Waals surface area contributed by atoms with Crippen LogP contribution in [-0.4, -0.2) is 59.0 Å². The molecule has 1 aromatic carbocycles. The van der Waals surface area contributed by atoms with Crippen LogP contribution >= 0.6 is 0 Å². The fourth-order valence-electron chi connectivity index (χ4n) is 1.70. The Hall–Kier alpha value is -1.45. The van der Waals surface area contributed by atoms with E-state index >= 15 is 0 Å². The molecule has 0 saturated carbocycles. The zero-order chi connectivity index (χ0) is 15.9.